The molecule has 0 bridgehead atoms. The number of rotatable bonds is 7. The SMILES string of the molecule is CCOC(=O)N[C@@H](C(=O)N1CCC[C@H]1C(=O)NCc1ccc2c(N)nccc2c1)c1ccccc1. The number of nitrogen functional groups attached to an aromatic ring is 1. The number of carbonyl (C=O) groups is 3. The Kier molecular flexibility index (Phi) is 7.45. The van der Waals surface area contributed by atoms with Crippen molar-refractivity contribution in [3.63, 3.8) is 0 Å². The number of ether oxygens (including phenoxy) is 1. The molecule has 1 saturated heterocycles. The number of carbonyl (C=O) groups excluding carboxylic acids is 3. The van der Waals surface area contributed by atoms with Crippen LogP contribution in [-0.4, -0.2) is 47.0 Å². The number of likely N-dealkylation sites (tertiary alicyclic amines) is 1. The van der Waals surface area contributed by atoms with Crippen molar-refractivity contribution in [2.45, 2.75) is 38.4 Å². The zero-order valence-electron chi connectivity index (χ0n) is 19.6. The Labute approximate surface area is 203 Å². The number of alkyl carbamates (subject to hydrolysis) is 1. The number of anilines is 1. The highest BCUT2D eigenvalue weighted by Crippen LogP contribution is 2.25. The maximum atomic E-state index is 13.5. The summed E-state index contributed by atoms with van der Waals surface area (Å²) in [5.41, 5.74) is 7.46. The van der Waals surface area contributed by atoms with Crippen molar-refractivity contribution in [2.24, 2.45) is 0 Å². The lowest BCUT2D eigenvalue weighted by atomic mass is 10.0. The molecule has 9 nitrogen and oxygen atoms in total. The Morgan fingerprint density at radius 2 is 1.97 bits per heavy atom. The van der Waals surface area contributed by atoms with Crippen molar-refractivity contribution in [3.05, 3.63) is 71.9 Å². The summed E-state index contributed by atoms with van der Waals surface area (Å²) in [6.45, 7) is 2.64. The number of nitrogens with two attached hydrogens (primary N) is 1. The van der Waals surface area contributed by atoms with Gasteiger partial charge in [0.05, 0.1) is 6.61 Å². The standard InChI is InChI=1S/C26H29N5O4/c1-2-35-26(34)30-22(18-7-4-3-5-8-18)25(33)31-14-6-9-21(31)24(32)29-16-17-10-11-20-19(15-17)12-13-28-23(20)27/h3-5,7-8,10-13,15,21-22H,2,6,9,14,16H2,1H3,(H2,27,28)(H,29,32)(H,30,34)/t21-,22+/m0/s1. The van der Waals surface area contributed by atoms with E-state index in [1.807, 2.05) is 30.3 Å². The van der Waals surface area contributed by atoms with Gasteiger partial charge in [0.2, 0.25) is 5.91 Å². The lowest BCUT2D eigenvalue weighted by Gasteiger charge is -2.28. The van der Waals surface area contributed by atoms with Gasteiger partial charge in [-0.15, -0.1) is 0 Å². The van der Waals surface area contributed by atoms with Crippen LogP contribution in [0.2, 0.25) is 0 Å². The summed E-state index contributed by atoms with van der Waals surface area (Å²) in [4.78, 5) is 44.4. The molecule has 0 aliphatic carbocycles. The van der Waals surface area contributed by atoms with Gasteiger partial charge in [0.1, 0.15) is 17.9 Å². The van der Waals surface area contributed by atoms with E-state index in [-0.39, 0.29) is 18.4 Å². The molecule has 0 spiro atoms. The zero-order chi connectivity index (χ0) is 24.8. The number of hydrogen-bond acceptors (Lipinski definition) is 6. The molecule has 182 valence electrons. The molecule has 2 aromatic carbocycles. The Hall–Kier alpha value is -4.14. The van der Waals surface area contributed by atoms with Crippen LogP contribution in [0.15, 0.2) is 60.8 Å². The molecule has 0 saturated carbocycles. The lowest BCUT2D eigenvalue weighted by molar-refractivity contribution is -0.140. The van der Waals surface area contributed by atoms with Crippen LogP contribution >= 0.6 is 0 Å². The van der Waals surface area contributed by atoms with Crippen molar-refractivity contribution in [1.29, 1.82) is 0 Å². The highest BCUT2D eigenvalue weighted by Gasteiger charge is 2.38. The fraction of sp³-hybridized carbons (Fsp3) is 0.308. The molecule has 0 radical (unpaired) electrons. The summed E-state index contributed by atoms with van der Waals surface area (Å²) in [5.74, 6) is -0.105. The van der Waals surface area contributed by atoms with Crippen molar-refractivity contribution >= 4 is 34.5 Å². The minimum Gasteiger partial charge on any atom is -0.450 e. The molecule has 4 rings (SSSR count). The first-order valence-electron chi connectivity index (χ1n) is 11.7. The van der Waals surface area contributed by atoms with E-state index in [9.17, 15) is 14.4 Å². The Balaban J connectivity index is 1.46. The summed E-state index contributed by atoms with van der Waals surface area (Å²) >= 11 is 0. The molecule has 2 heterocycles. The van der Waals surface area contributed by atoms with Gasteiger partial charge >= 0.3 is 6.09 Å². The van der Waals surface area contributed by atoms with Crippen LogP contribution in [0.4, 0.5) is 10.6 Å². The van der Waals surface area contributed by atoms with E-state index >= 15 is 0 Å². The van der Waals surface area contributed by atoms with E-state index in [4.69, 9.17) is 10.5 Å². The quantitative estimate of drug-likeness (QED) is 0.482. The van der Waals surface area contributed by atoms with Gasteiger partial charge in [-0.3, -0.25) is 9.59 Å². The van der Waals surface area contributed by atoms with Crippen LogP contribution in [0.3, 0.4) is 0 Å². The topological polar surface area (TPSA) is 127 Å². The summed E-state index contributed by atoms with van der Waals surface area (Å²) < 4.78 is 4.99. The molecule has 1 aromatic heterocycles. The zero-order valence-corrected chi connectivity index (χ0v) is 19.6. The fourth-order valence-corrected chi connectivity index (χ4v) is 4.36. The molecule has 9 heteroatoms. The van der Waals surface area contributed by atoms with Crippen LogP contribution < -0.4 is 16.4 Å². The van der Waals surface area contributed by atoms with Crippen LogP contribution in [0.25, 0.3) is 10.8 Å². The van der Waals surface area contributed by atoms with Crippen LogP contribution in [0.1, 0.15) is 36.9 Å². The van der Waals surface area contributed by atoms with Gasteiger partial charge in [0, 0.05) is 24.7 Å². The van der Waals surface area contributed by atoms with Gasteiger partial charge in [-0.25, -0.2) is 9.78 Å². The van der Waals surface area contributed by atoms with Crippen LogP contribution in [0.5, 0.6) is 0 Å². The average Bonchev–Trinajstić information content (AvgIpc) is 3.36. The average molecular weight is 476 g/mol. The van der Waals surface area contributed by atoms with Crippen molar-refractivity contribution in [2.75, 3.05) is 18.9 Å². The number of fused-ring (bicyclic) bond motifs is 1. The Morgan fingerprint density at radius 1 is 1.17 bits per heavy atom. The number of hydrogen-bond donors (Lipinski definition) is 3. The largest absolute Gasteiger partial charge is 0.450 e. The van der Waals surface area contributed by atoms with E-state index in [1.54, 1.807) is 42.3 Å². The molecule has 3 amide bonds. The molecule has 0 unspecified atom stereocenters. The summed E-state index contributed by atoms with van der Waals surface area (Å²) in [6.07, 6.45) is 2.23. The molecule has 35 heavy (non-hydrogen) atoms. The third kappa shape index (κ3) is 5.51. The molecule has 3 aromatic rings. The van der Waals surface area contributed by atoms with E-state index in [0.29, 0.717) is 37.3 Å². The molecular weight excluding hydrogens is 446 g/mol. The Bertz CT molecular complexity index is 1220. The number of nitrogens with one attached hydrogen (secondary N) is 2. The second-order valence-electron chi connectivity index (χ2n) is 8.37. The van der Waals surface area contributed by atoms with E-state index in [0.717, 1.165) is 16.3 Å². The first kappa shape index (κ1) is 24.0. The first-order valence-corrected chi connectivity index (χ1v) is 11.7. The first-order chi connectivity index (χ1) is 17.0. The van der Waals surface area contributed by atoms with Gasteiger partial charge in [-0.05, 0) is 48.4 Å². The highest BCUT2D eigenvalue weighted by atomic mass is 16.5. The van der Waals surface area contributed by atoms with Crippen LogP contribution in [-0.2, 0) is 20.9 Å². The predicted molar refractivity (Wildman–Crippen MR) is 132 cm³/mol. The van der Waals surface area contributed by atoms with Gasteiger partial charge in [-0.1, -0.05) is 42.5 Å². The summed E-state index contributed by atoms with van der Waals surface area (Å²) in [7, 11) is 0. The molecule has 2 atom stereocenters. The van der Waals surface area contributed by atoms with Gasteiger partial charge < -0.3 is 26.0 Å². The fourth-order valence-electron chi connectivity index (χ4n) is 4.36. The van der Waals surface area contributed by atoms with E-state index in [1.165, 1.54) is 0 Å². The second-order valence-corrected chi connectivity index (χ2v) is 8.37. The molecule has 1 aliphatic heterocycles. The number of amides is 3. The van der Waals surface area contributed by atoms with Crippen molar-refractivity contribution in [1.82, 2.24) is 20.5 Å². The normalized spacial score (nSPS) is 16.0. The molecule has 4 N–H and O–H groups in total. The maximum absolute atomic E-state index is 13.5. The number of nitrogens with zero attached hydrogens (tertiary/aromatic N) is 2. The summed E-state index contributed by atoms with van der Waals surface area (Å²) in [6, 6.07) is 15.0. The third-order valence-electron chi connectivity index (χ3n) is 6.08. The highest BCUT2D eigenvalue weighted by molar-refractivity contribution is 5.93. The second kappa shape index (κ2) is 10.9. The van der Waals surface area contributed by atoms with Gasteiger partial charge in [-0.2, -0.15) is 0 Å². The minimum atomic E-state index is -0.941. The smallest absolute Gasteiger partial charge is 0.408 e. The predicted octanol–water partition coefficient (Wildman–Crippen LogP) is 2.91. The molecular formula is C26H29N5O4. The number of benzene rings is 2. The molecule has 1 aliphatic rings. The number of aromatic nitrogens is 1. The lowest BCUT2D eigenvalue weighted by Crippen LogP contribution is -2.50. The van der Waals surface area contributed by atoms with Gasteiger partial charge in [0.15, 0.2) is 0 Å². The maximum Gasteiger partial charge on any atom is 0.408 e. The Morgan fingerprint density at radius 3 is 2.74 bits per heavy atom. The van der Waals surface area contributed by atoms with E-state index < -0.39 is 18.2 Å². The number of pyridine rings is 1. The third-order valence-corrected chi connectivity index (χ3v) is 6.08. The monoisotopic (exact) mass is 475 g/mol. The van der Waals surface area contributed by atoms with Crippen molar-refractivity contribution < 1.29 is 19.1 Å². The van der Waals surface area contributed by atoms with Gasteiger partial charge in [0.25, 0.3) is 5.91 Å². The minimum absolute atomic E-state index is 0.189. The van der Waals surface area contributed by atoms with Crippen LogP contribution in [0, 0.1) is 0 Å². The van der Waals surface area contributed by atoms with Crippen molar-refractivity contribution in [3.8, 4) is 0 Å². The molecule has 1 fully saturated rings. The summed E-state index contributed by atoms with van der Waals surface area (Å²) in [5, 5.41) is 7.40. The van der Waals surface area contributed by atoms with E-state index in [2.05, 4.69) is 15.6 Å².